The summed E-state index contributed by atoms with van der Waals surface area (Å²) in [5, 5.41) is 16.6. The molecule has 7 nitrogen and oxygen atoms in total. The van der Waals surface area contributed by atoms with E-state index in [-0.39, 0.29) is 22.0 Å². The van der Waals surface area contributed by atoms with Crippen molar-refractivity contribution in [3.05, 3.63) is 57.8 Å². The summed E-state index contributed by atoms with van der Waals surface area (Å²) in [7, 11) is 1.48. The number of nitrogens with zero attached hydrogens (tertiary/aromatic N) is 4. The largest absolute Gasteiger partial charge is 0.495 e. The highest BCUT2D eigenvalue weighted by molar-refractivity contribution is 7.15. The average Bonchev–Trinajstić information content (AvgIpc) is 3.35. The number of hydrogen-bond donors (Lipinski definition) is 1. The van der Waals surface area contributed by atoms with Crippen LogP contribution >= 0.6 is 22.9 Å². The molecule has 2 heterocycles. The summed E-state index contributed by atoms with van der Waals surface area (Å²) in [6.45, 7) is 0. The van der Waals surface area contributed by atoms with E-state index in [9.17, 15) is 23.2 Å². The van der Waals surface area contributed by atoms with Crippen LogP contribution in [0, 0.1) is 11.3 Å². The van der Waals surface area contributed by atoms with Crippen LogP contribution in [0.25, 0.3) is 11.8 Å². The lowest BCUT2D eigenvalue weighted by molar-refractivity contribution is -0.138. The second kappa shape index (κ2) is 8.56. The second-order valence-corrected chi connectivity index (χ2v) is 7.07. The maximum absolute atomic E-state index is 12.6. The van der Waals surface area contributed by atoms with Gasteiger partial charge in [-0.3, -0.25) is 10.1 Å². The van der Waals surface area contributed by atoms with E-state index < -0.39 is 17.1 Å². The summed E-state index contributed by atoms with van der Waals surface area (Å²) in [5.41, 5.74) is 0.660. The van der Waals surface area contributed by atoms with Gasteiger partial charge in [0.15, 0.2) is 0 Å². The summed E-state index contributed by atoms with van der Waals surface area (Å²) in [5.74, 6) is -0.421. The Hall–Kier alpha value is -3.36. The number of nitrogens with one attached hydrogen (secondary N) is 1. The van der Waals surface area contributed by atoms with E-state index in [0.29, 0.717) is 22.2 Å². The zero-order chi connectivity index (χ0) is 21.9. The van der Waals surface area contributed by atoms with Gasteiger partial charge in [0, 0.05) is 16.9 Å². The molecule has 1 amide bonds. The number of ether oxygens (including phenoxy) is 1. The van der Waals surface area contributed by atoms with Crippen LogP contribution in [-0.2, 0) is 11.0 Å². The number of carbonyl (C=O) groups is 1. The Morgan fingerprint density at radius 3 is 2.77 bits per heavy atom. The van der Waals surface area contributed by atoms with Gasteiger partial charge in [0.25, 0.3) is 5.91 Å². The SMILES string of the molecule is COc1ccc(Cl)cc1-n1cccc1/C=C(/C#N)C(=O)Nc1nnc(C(F)(F)F)s1. The second-order valence-electron chi connectivity index (χ2n) is 5.65. The van der Waals surface area contributed by atoms with E-state index in [1.165, 1.54) is 13.2 Å². The first kappa shape index (κ1) is 21.4. The van der Waals surface area contributed by atoms with Crippen molar-refractivity contribution < 1.29 is 22.7 Å². The number of benzene rings is 1. The number of hydrogen-bond acceptors (Lipinski definition) is 6. The van der Waals surface area contributed by atoms with Crippen LogP contribution in [0.1, 0.15) is 10.7 Å². The predicted molar refractivity (Wildman–Crippen MR) is 104 cm³/mol. The number of aromatic nitrogens is 3. The Labute approximate surface area is 177 Å². The number of methoxy groups -OCH3 is 1. The number of alkyl halides is 3. The number of rotatable bonds is 5. The van der Waals surface area contributed by atoms with Gasteiger partial charge in [0.1, 0.15) is 17.4 Å². The first-order chi connectivity index (χ1) is 14.2. The van der Waals surface area contributed by atoms with Crippen molar-refractivity contribution in [1.82, 2.24) is 14.8 Å². The number of halogens is 4. The highest BCUT2D eigenvalue weighted by Gasteiger charge is 2.35. The summed E-state index contributed by atoms with van der Waals surface area (Å²) < 4.78 is 44.8. The standard InChI is InChI=1S/C18H11ClF3N5O2S/c1-29-14-5-4-11(19)8-13(14)27-6-2-3-12(27)7-10(9-23)15(28)24-17-26-25-16(30-17)18(20,21)22/h2-8H,1H3,(H,24,26,28)/b10-7-. The number of amides is 1. The third-order valence-corrected chi connectivity index (χ3v) is 4.84. The molecule has 0 unspecified atom stereocenters. The molecule has 0 aliphatic heterocycles. The molecule has 2 aromatic heterocycles. The normalized spacial score (nSPS) is 11.8. The Balaban J connectivity index is 1.90. The van der Waals surface area contributed by atoms with Crippen LogP contribution in [0.15, 0.2) is 42.1 Å². The van der Waals surface area contributed by atoms with Gasteiger partial charge in [-0.1, -0.05) is 22.9 Å². The van der Waals surface area contributed by atoms with Gasteiger partial charge in [-0.05, 0) is 36.4 Å². The summed E-state index contributed by atoms with van der Waals surface area (Å²) in [6, 6.07) is 10.00. The van der Waals surface area contributed by atoms with Crippen LogP contribution in [0.3, 0.4) is 0 Å². The van der Waals surface area contributed by atoms with Crippen molar-refractivity contribution in [2.75, 3.05) is 12.4 Å². The van der Waals surface area contributed by atoms with Crippen LogP contribution in [0.5, 0.6) is 5.75 Å². The number of anilines is 1. The quantitative estimate of drug-likeness (QED) is 0.451. The number of carbonyl (C=O) groups excluding carboxylic acids is 1. The molecule has 12 heteroatoms. The Kier molecular flexibility index (Phi) is 6.09. The first-order valence-corrected chi connectivity index (χ1v) is 9.27. The fourth-order valence-electron chi connectivity index (χ4n) is 2.43. The minimum atomic E-state index is -4.68. The van der Waals surface area contributed by atoms with Gasteiger partial charge in [0.05, 0.1) is 12.8 Å². The van der Waals surface area contributed by atoms with Gasteiger partial charge in [-0.2, -0.15) is 18.4 Å². The number of nitriles is 1. The molecular weight excluding hydrogens is 443 g/mol. The van der Waals surface area contributed by atoms with Crippen molar-refractivity contribution in [1.29, 1.82) is 5.26 Å². The zero-order valence-corrected chi connectivity index (χ0v) is 16.6. The van der Waals surface area contributed by atoms with Gasteiger partial charge < -0.3 is 9.30 Å². The molecule has 0 bridgehead atoms. The molecule has 0 radical (unpaired) electrons. The van der Waals surface area contributed by atoms with E-state index in [4.69, 9.17) is 16.3 Å². The first-order valence-electron chi connectivity index (χ1n) is 8.08. The van der Waals surface area contributed by atoms with Gasteiger partial charge in [-0.15, -0.1) is 10.2 Å². The van der Waals surface area contributed by atoms with Crippen LogP contribution < -0.4 is 10.1 Å². The van der Waals surface area contributed by atoms with Gasteiger partial charge in [-0.25, -0.2) is 0 Å². The molecule has 0 aliphatic rings. The summed E-state index contributed by atoms with van der Waals surface area (Å²) >= 11 is 6.22. The van der Waals surface area contributed by atoms with Crippen molar-refractivity contribution >= 4 is 40.1 Å². The van der Waals surface area contributed by atoms with Crippen LogP contribution in [0.2, 0.25) is 5.02 Å². The molecule has 154 valence electrons. The average molecular weight is 454 g/mol. The monoisotopic (exact) mass is 453 g/mol. The van der Waals surface area contributed by atoms with Gasteiger partial charge in [0.2, 0.25) is 10.1 Å². The molecule has 0 spiro atoms. The van der Waals surface area contributed by atoms with Crippen molar-refractivity contribution in [3.63, 3.8) is 0 Å². The molecule has 0 saturated heterocycles. The van der Waals surface area contributed by atoms with Crippen molar-refractivity contribution in [3.8, 4) is 17.5 Å². The molecule has 1 aromatic carbocycles. The molecule has 0 saturated carbocycles. The third kappa shape index (κ3) is 4.61. The topological polar surface area (TPSA) is 92.8 Å². The molecule has 0 atom stereocenters. The molecule has 3 aromatic rings. The minimum Gasteiger partial charge on any atom is -0.495 e. The lowest BCUT2D eigenvalue weighted by Crippen LogP contribution is -2.13. The van der Waals surface area contributed by atoms with E-state index in [2.05, 4.69) is 15.5 Å². The fraction of sp³-hybridized carbons (Fsp3) is 0.111. The zero-order valence-electron chi connectivity index (χ0n) is 15.1. The van der Waals surface area contributed by atoms with E-state index in [0.717, 1.165) is 0 Å². The fourth-order valence-corrected chi connectivity index (χ4v) is 3.20. The highest BCUT2D eigenvalue weighted by Crippen LogP contribution is 2.33. The maximum Gasteiger partial charge on any atom is 0.445 e. The molecule has 3 rings (SSSR count). The smallest absolute Gasteiger partial charge is 0.445 e. The molecular formula is C18H11ClF3N5O2S. The summed E-state index contributed by atoms with van der Waals surface area (Å²) in [4.78, 5) is 12.4. The maximum atomic E-state index is 12.6. The molecule has 30 heavy (non-hydrogen) atoms. The van der Waals surface area contributed by atoms with E-state index in [1.807, 2.05) is 0 Å². The minimum absolute atomic E-state index is 0.158. The third-order valence-electron chi connectivity index (χ3n) is 3.73. The lowest BCUT2D eigenvalue weighted by atomic mass is 10.2. The van der Waals surface area contributed by atoms with E-state index in [1.54, 1.807) is 47.2 Å². The van der Waals surface area contributed by atoms with Crippen molar-refractivity contribution in [2.24, 2.45) is 0 Å². The molecule has 0 fully saturated rings. The van der Waals surface area contributed by atoms with Crippen LogP contribution in [-0.4, -0.2) is 27.8 Å². The molecule has 1 N–H and O–H groups in total. The summed E-state index contributed by atoms with van der Waals surface area (Å²) in [6.07, 6.45) is -1.72. The van der Waals surface area contributed by atoms with E-state index >= 15 is 0 Å². The predicted octanol–water partition coefficient (Wildman–Crippen LogP) is 4.56. The Morgan fingerprint density at radius 2 is 2.13 bits per heavy atom. The lowest BCUT2D eigenvalue weighted by Gasteiger charge is -2.12. The molecule has 0 aliphatic carbocycles. The van der Waals surface area contributed by atoms with Crippen molar-refractivity contribution in [2.45, 2.75) is 6.18 Å². The highest BCUT2D eigenvalue weighted by atomic mass is 35.5. The van der Waals surface area contributed by atoms with Gasteiger partial charge >= 0.3 is 6.18 Å². The Morgan fingerprint density at radius 1 is 1.37 bits per heavy atom. The van der Waals surface area contributed by atoms with Crippen LogP contribution in [0.4, 0.5) is 18.3 Å². The Bertz CT molecular complexity index is 1160.